The fourth-order valence-corrected chi connectivity index (χ4v) is 1.50. The van der Waals surface area contributed by atoms with Gasteiger partial charge >= 0.3 is 5.97 Å². The van der Waals surface area contributed by atoms with Gasteiger partial charge in [-0.05, 0) is 18.2 Å². The Kier molecular flexibility index (Phi) is 4.28. The Morgan fingerprint density at radius 2 is 2.17 bits per heavy atom. The summed E-state index contributed by atoms with van der Waals surface area (Å²) in [6.45, 7) is 0. The van der Waals surface area contributed by atoms with Gasteiger partial charge in [0.25, 0.3) is 5.56 Å². The van der Waals surface area contributed by atoms with E-state index < -0.39 is 17.3 Å². The Labute approximate surface area is 107 Å². The van der Waals surface area contributed by atoms with E-state index in [0.717, 1.165) is 4.68 Å². The summed E-state index contributed by atoms with van der Waals surface area (Å²) in [5.74, 6) is -1.56. The summed E-state index contributed by atoms with van der Waals surface area (Å²) in [7, 11) is 0. The number of nitrogens with zero attached hydrogens (tertiary/aromatic N) is 1. The molecule has 1 aromatic heterocycles. The van der Waals surface area contributed by atoms with Crippen LogP contribution in [0, 0.1) is 5.82 Å². The number of benzene rings is 1. The molecule has 96 valence electrons. The third-order valence-corrected chi connectivity index (χ3v) is 2.25. The van der Waals surface area contributed by atoms with Crippen molar-refractivity contribution in [2.45, 2.75) is 6.42 Å². The van der Waals surface area contributed by atoms with Gasteiger partial charge in [0, 0.05) is 11.8 Å². The first-order chi connectivity index (χ1) is 8.08. The van der Waals surface area contributed by atoms with Crippen LogP contribution < -0.4 is 5.56 Å². The molecule has 2 aromatic rings. The highest BCUT2D eigenvalue weighted by Gasteiger charge is 2.11. The summed E-state index contributed by atoms with van der Waals surface area (Å²) in [6.07, 6.45) is 0.943. The maximum Gasteiger partial charge on any atom is 0.308 e. The maximum absolute atomic E-state index is 13.0. The molecule has 0 unspecified atom stereocenters. The number of hydrogen-bond donors (Lipinski definition) is 2. The van der Waals surface area contributed by atoms with E-state index in [9.17, 15) is 14.0 Å². The Morgan fingerprint density at radius 3 is 2.78 bits per heavy atom. The van der Waals surface area contributed by atoms with Gasteiger partial charge in [-0.3, -0.25) is 14.7 Å². The van der Waals surface area contributed by atoms with Crippen molar-refractivity contribution < 1.29 is 14.3 Å². The van der Waals surface area contributed by atoms with Gasteiger partial charge in [0.05, 0.1) is 12.1 Å². The van der Waals surface area contributed by atoms with Crippen LogP contribution in [0.5, 0.6) is 0 Å². The molecule has 7 heteroatoms. The summed E-state index contributed by atoms with van der Waals surface area (Å²) in [6, 6.07) is 5.46. The minimum Gasteiger partial charge on any atom is -0.481 e. The van der Waals surface area contributed by atoms with Crippen LogP contribution in [0.1, 0.15) is 5.56 Å². The number of hydrogen-bond acceptors (Lipinski definition) is 2. The lowest BCUT2D eigenvalue weighted by Crippen LogP contribution is -2.19. The number of rotatable bonds is 3. The predicted octanol–water partition coefficient (Wildman–Crippen LogP) is 1.35. The molecule has 2 N–H and O–H groups in total. The molecule has 0 aliphatic heterocycles. The lowest BCUT2D eigenvalue weighted by atomic mass is 10.2. The molecule has 0 atom stereocenters. The van der Waals surface area contributed by atoms with Gasteiger partial charge in [0.15, 0.2) is 0 Å². The van der Waals surface area contributed by atoms with Crippen LogP contribution in [-0.2, 0) is 11.2 Å². The highest BCUT2D eigenvalue weighted by atomic mass is 35.5. The second-order valence-electron chi connectivity index (χ2n) is 3.49. The molecule has 0 saturated heterocycles. The first kappa shape index (κ1) is 14.0. The number of halogens is 2. The van der Waals surface area contributed by atoms with Crippen molar-refractivity contribution in [2.75, 3.05) is 0 Å². The molecule has 18 heavy (non-hydrogen) atoms. The van der Waals surface area contributed by atoms with Crippen molar-refractivity contribution in [3.8, 4) is 5.69 Å². The van der Waals surface area contributed by atoms with Gasteiger partial charge in [0.1, 0.15) is 5.82 Å². The zero-order valence-corrected chi connectivity index (χ0v) is 9.91. The lowest BCUT2D eigenvalue weighted by molar-refractivity contribution is -0.136. The number of carboxylic acid groups (broad SMARTS) is 1. The van der Waals surface area contributed by atoms with E-state index in [1.165, 1.54) is 24.4 Å². The zero-order chi connectivity index (χ0) is 12.4. The highest BCUT2D eigenvalue weighted by Crippen LogP contribution is 2.07. The summed E-state index contributed by atoms with van der Waals surface area (Å²) in [5.41, 5.74) is -0.0357. The summed E-state index contributed by atoms with van der Waals surface area (Å²) >= 11 is 0. The molecule has 0 amide bonds. The van der Waals surface area contributed by atoms with Crippen molar-refractivity contribution in [1.29, 1.82) is 0 Å². The SMILES string of the molecule is Cl.O=C(O)Cc1c[nH]n(-c2cccc(F)c2)c1=O. The fraction of sp³-hybridized carbons (Fsp3) is 0.0909. The van der Waals surface area contributed by atoms with E-state index in [0.29, 0.717) is 5.69 Å². The molecular weight excluding hydrogens is 263 g/mol. The summed E-state index contributed by atoms with van der Waals surface area (Å²) < 4.78 is 14.1. The number of aromatic nitrogens is 2. The smallest absolute Gasteiger partial charge is 0.308 e. The number of aromatic amines is 1. The second-order valence-corrected chi connectivity index (χ2v) is 3.49. The fourth-order valence-electron chi connectivity index (χ4n) is 1.50. The van der Waals surface area contributed by atoms with E-state index in [-0.39, 0.29) is 24.4 Å². The van der Waals surface area contributed by atoms with Crippen LogP contribution in [-0.4, -0.2) is 20.9 Å². The van der Waals surface area contributed by atoms with Gasteiger partial charge in [-0.15, -0.1) is 12.4 Å². The molecule has 1 aromatic carbocycles. The molecule has 0 radical (unpaired) electrons. The van der Waals surface area contributed by atoms with Crippen molar-refractivity contribution in [3.05, 3.63) is 52.2 Å². The first-order valence-electron chi connectivity index (χ1n) is 4.85. The average Bonchev–Trinajstić information content (AvgIpc) is 2.60. The highest BCUT2D eigenvalue weighted by molar-refractivity contribution is 5.85. The molecule has 1 heterocycles. The third kappa shape index (κ3) is 2.78. The number of nitrogens with one attached hydrogen (secondary N) is 1. The van der Waals surface area contributed by atoms with E-state index >= 15 is 0 Å². The van der Waals surface area contributed by atoms with Crippen molar-refractivity contribution >= 4 is 18.4 Å². The van der Waals surface area contributed by atoms with Crippen LogP contribution >= 0.6 is 12.4 Å². The zero-order valence-electron chi connectivity index (χ0n) is 9.09. The Bertz CT molecular complexity index is 621. The molecule has 0 aliphatic rings. The van der Waals surface area contributed by atoms with Crippen LogP contribution in [0.15, 0.2) is 35.3 Å². The average molecular weight is 273 g/mol. The Hall–Kier alpha value is -2.08. The van der Waals surface area contributed by atoms with Crippen molar-refractivity contribution in [1.82, 2.24) is 9.78 Å². The number of H-pyrrole nitrogens is 1. The van der Waals surface area contributed by atoms with Gasteiger partial charge in [-0.25, -0.2) is 9.07 Å². The Morgan fingerprint density at radius 1 is 1.44 bits per heavy atom. The minimum absolute atomic E-state index is 0. The van der Waals surface area contributed by atoms with Crippen molar-refractivity contribution in [2.24, 2.45) is 0 Å². The topological polar surface area (TPSA) is 75.1 Å². The molecule has 0 spiro atoms. The number of aliphatic carboxylic acids is 1. The normalized spacial score (nSPS) is 9.83. The van der Waals surface area contributed by atoms with E-state index in [1.807, 2.05) is 0 Å². The standard InChI is InChI=1S/C11H9FN2O3.ClH/c12-8-2-1-3-9(5-8)14-11(17)7(6-13-14)4-10(15)16;/h1-3,5-6,13H,4H2,(H,15,16);1H. The van der Waals surface area contributed by atoms with Gasteiger partial charge in [0.2, 0.25) is 0 Å². The largest absolute Gasteiger partial charge is 0.481 e. The van der Waals surface area contributed by atoms with Crippen LogP contribution in [0.25, 0.3) is 5.69 Å². The van der Waals surface area contributed by atoms with E-state index in [1.54, 1.807) is 6.07 Å². The quantitative estimate of drug-likeness (QED) is 0.886. The number of carboxylic acids is 1. The Balaban J connectivity index is 0.00000162. The van der Waals surface area contributed by atoms with Crippen LogP contribution in [0.3, 0.4) is 0 Å². The molecule has 0 fully saturated rings. The van der Waals surface area contributed by atoms with E-state index in [2.05, 4.69) is 5.10 Å². The predicted molar refractivity (Wildman–Crippen MR) is 64.9 cm³/mol. The molecular formula is C11H10ClFN2O3. The molecule has 0 aliphatic carbocycles. The maximum atomic E-state index is 13.0. The van der Waals surface area contributed by atoms with E-state index in [4.69, 9.17) is 5.11 Å². The second kappa shape index (κ2) is 5.50. The summed E-state index contributed by atoms with van der Waals surface area (Å²) in [4.78, 5) is 22.3. The molecule has 0 bridgehead atoms. The van der Waals surface area contributed by atoms with Crippen LogP contribution in [0.4, 0.5) is 4.39 Å². The van der Waals surface area contributed by atoms with Gasteiger partial charge < -0.3 is 5.11 Å². The monoisotopic (exact) mass is 272 g/mol. The summed E-state index contributed by atoms with van der Waals surface area (Å²) in [5, 5.41) is 11.2. The molecule has 0 saturated carbocycles. The van der Waals surface area contributed by atoms with Crippen LogP contribution in [0.2, 0.25) is 0 Å². The first-order valence-corrected chi connectivity index (χ1v) is 4.85. The molecule has 2 rings (SSSR count). The minimum atomic E-state index is -1.09. The number of carbonyl (C=O) groups is 1. The molecule has 5 nitrogen and oxygen atoms in total. The third-order valence-electron chi connectivity index (χ3n) is 2.25. The lowest BCUT2D eigenvalue weighted by Gasteiger charge is -2.00. The van der Waals surface area contributed by atoms with Gasteiger partial charge in [-0.1, -0.05) is 6.07 Å². The van der Waals surface area contributed by atoms with Gasteiger partial charge in [-0.2, -0.15) is 0 Å². The van der Waals surface area contributed by atoms with Crippen molar-refractivity contribution in [3.63, 3.8) is 0 Å².